The Morgan fingerprint density at radius 2 is 2.23 bits per heavy atom. The Bertz CT molecular complexity index is 675. The molecule has 0 N–H and O–H groups in total. The lowest BCUT2D eigenvalue weighted by molar-refractivity contribution is -0.125. The number of aromatic nitrogens is 1. The molecule has 0 aromatic carbocycles. The Balaban J connectivity index is 2.08. The van der Waals surface area contributed by atoms with Crippen molar-refractivity contribution >= 4 is 12.0 Å². The Morgan fingerprint density at radius 3 is 2.86 bits per heavy atom. The fraction of sp³-hybridized carbons (Fsp3) is 0.294. The number of likely N-dealkylation sites (N-methyl/N-ethyl adjacent to an activating group) is 1. The zero-order valence-electron chi connectivity index (χ0n) is 13.3. The van der Waals surface area contributed by atoms with Gasteiger partial charge in [-0.3, -0.25) is 9.78 Å². The van der Waals surface area contributed by atoms with E-state index in [1.807, 2.05) is 13.8 Å². The van der Waals surface area contributed by atoms with E-state index in [0.717, 1.165) is 22.6 Å². The second-order valence-electron chi connectivity index (χ2n) is 5.09. The van der Waals surface area contributed by atoms with Gasteiger partial charge in [0.2, 0.25) is 5.91 Å². The summed E-state index contributed by atoms with van der Waals surface area (Å²) in [7, 11) is 3.38. The predicted molar refractivity (Wildman–Crippen MR) is 84.5 cm³/mol. The average molecular weight is 300 g/mol. The van der Waals surface area contributed by atoms with Crippen molar-refractivity contribution in [1.82, 2.24) is 9.88 Å². The molecule has 0 bridgehead atoms. The van der Waals surface area contributed by atoms with Crippen molar-refractivity contribution in [3.05, 3.63) is 53.2 Å². The van der Waals surface area contributed by atoms with E-state index in [0.29, 0.717) is 12.3 Å². The molecule has 5 nitrogen and oxygen atoms in total. The molecule has 0 aliphatic heterocycles. The molecule has 0 aliphatic rings. The number of furan rings is 1. The van der Waals surface area contributed by atoms with E-state index < -0.39 is 0 Å². The molecule has 0 saturated carbocycles. The number of carbonyl (C=O) groups is 1. The third kappa shape index (κ3) is 3.55. The normalized spacial score (nSPS) is 10.9. The smallest absolute Gasteiger partial charge is 0.246 e. The van der Waals surface area contributed by atoms with Gasteiger partial charge in [0.15, 0.2) is 0 Å². The predicted octanol–water partition coefficient (Wildman–Crippen LogP) is 2.97. The van der Waals surface area contributed by atoms with Crippen LogP contribution >= 0.6 is 0 Å². The molecule has 0 saturated heterocycles. The Kier molecular flexibility index (Phi) is 4.99. The SMILES string of the molecule is COc1c(C)cnc(CN(C)C(=O)C=Cc2ccco2)c1C. The number of rotatable bonds is 5. The Labute approximate surface area is 130 Å². The molecule has 116 valence electrons. The van der Waals surface area contributed by atoms with E-state index in [1.165, 1.54) is 6.08 Å². The molecule has 2 heterocycles. The van der Waals surface area contributed by atoms with Gasteiger partial charge in [0.25, 0.3) is 0 Å². The number of aryl methyl sites for hydroxylation is 1. The summed E-state index contributed by atoms with van der Waals surface area (Å²) < 4.78 is 10.5. The lowest BCUT2D eigenvalue weighted by Crippen LogP contribution is -2.25. The van der Waals surface area contributed by atoms with Crippen molar-refractivity contribution in [3.63, 3.8) is 0 Å². The van der Waals surface area contributed by atoms with Crippen LogP contribution in [-0.4, -0.2) is 29.9 Å². The topological polar surface area (TPSA) is 55.6 Å². The second-order valence-corrected chi connectivity index (χ2v) is 5.09. The van der Waals surface area contributed by atoms with Crippen LogP contribution in [0, 0.1) is 13.8 Å². The highest BCUT2D eigenvalue weighted by atomic mass is 16.5. The van der Waals surface area contributed by atoms with Crippen molar-refractivity contribution in [2.24, 2.45) is 0 Å². The van der Waals surface area contributed by atoms with Crippen LogP contribution in [0.25, 0.3) is 6.08 Å². The number of ether oxygens (including phenoxy) is 1. The summed E-state index contributed by atoms with van der Waals surface area (Å²) in [6.45, 7) is 4.32. The molecule has 2 aromatic heterocycles. The monoisotopic (exact) mass is 300 g/mol. The Hall–Kier alpha value is -2.56. The highest BCUT2D eigenvalue weighted by Gasteiger charge is 2.13. The first-order valence-electron chi connectivity index (χ1n) is 6.98. The third-order valence-corrected chi connectivity index (χ3v) is 3.45. The first-order chi connectivity index (χ1) is 10.5. The maximum Gasteiger partial charge on any atom is 0.246 e. The van der Waals surface area contributed by atoms with E-state index in [4.69, 9.17) is 9.15 Å². The maximum atomic E-state index is 12.1. The fourth-order valence-corrected chi connectivity index (χ4v) is 2.20. The van der Waals surface area contributed by atoms with Gasteiger partial charge in [0.1, 0.15) is 11.5 Å². The van der Waals surface area contributed by atoms with Crippen LogP contribution in [0.3, 0.4) is 0 Å². The molecule has 0 radical (unpaired) electrons. The minimum atomic E-state index is -0.114. The molecule has 0 unspecified atom stereocenters. The minimum Gasteiger partial charge on any atom is -0.496 e. The van der Waals surface area contributed by atoms with Gasteiger partial charge < -0.3 is 14.1 Å². The Morgan fingerprint density at radius 1 is 1.45 bits per heavy atom. The van der Waals surface area contributed by atoms with E-state index >= 15 is 0 Å². The molecule has 2 aromatic rings. The van der Waals surface area contributed by atoms with Crippen LogP contribution in [-0.2, 0) is 11.3 Å². The minimum absolute atomic E-state index is 0.114. The first kappa shape index (κ1) is 15.8. The third-order valence-electron chi connectivity index (χ3n) is 3.45. The zero-order valence-corrected chi connectivity index (χ0v) is 13.3. The van der Waals surface area contributed by atoms with E-state index in [1.54, 1.807) is 49.7 Å². The highest BCUT2D eigenvalue weighted by molar-refractivity contribution is 5.91. The van der Waals surface area contributed by atoms with Gasteiger partial charge in [0.05, 0.1) is 25.6 Å². The van der Waals surface area contributed by atoms with Gasteiger partial charge in [-0.1, -0.05) is 0 Å². The lowest BCUT2D eigenvalue weighted by atomic mass is 10.1. The summed E-state index contributed by atoms with van der Waals surface area (Å²) in [5, 5.41) is 0. The van der Waals surface area contributed by atoms with Crippen molar-refractivity contribution in [1.29, 1.82) is 0 Å². The molecule has 22 heavy (non-hydrogen) atoms. The molecule has 0 atom stereocenters. The number of pyridine rings is 1. The average Bonchev–Trinajstić information content (AvgIpc) is 3.01. The molecule has 0 aliphatic carbocycles. The van der Waals surface area contributed by atoms with Gasteiger partial charge >= 0.3 is 0 Å². The largest absolute Gasteiger partial charge is 0.496 e. The molecular formula is C17H20N2O3. The summed E-state index contributed by atoms with van der Waals surface area (Å²) in [5.41, 5.74) is 2.76. The van der Waals surface area contributed by atoms with Crippen LogP contribution in [0.2, 0.25) is 0 Å². The molecule has 0 fully saturated rings. The fourth-order valence-electron chi connectivity index (χ4n) is 2.20. The summed E-state index contributed by atoms with van der Waals surface area (Å²) in [5.74, 6) is 1.35. The van der Waals surface area contributed by atoms with Crippen LogP contribution in [0.5, 0.6) is 5.75 Å². The standard InChI is InChI=1S/C17H20N2O3/c1-12-10-18-15(13(2)17(12)21-4)11-19(3)16(20)8-7-14-6-5-9-22-14/h5-10H,11H2,1-4H3. The van der Waals surface area contributed by atoms with Crippen molar-refractivity contribution in [2.45, 2.75) is 20.4 Å². The highest BCUT2D eigenvalue weighted by Crippen LogP contribution is 2.24. The van der Waals surface area contributed by atoms with Crippen LogP contribution < -0.4 is 4.74 Å². The van der Waals surface area contributed by atoms with Gasteiger partial charge in [-0.2, -0.15) is 0 Å². The second kappa shape index (κ2) is 6.93. The van der Waals surface area contributed by atoms with E-state index in [-0.39, 0.29) is 5.91 Å². The number of hydrogen-bond donors (Lipinski definition) is 0. The zero-order chi connectivity index (χ0) is 16.1. The lowest BCUT2D eigenvalue weighted by Gasteiger charge is -2.18. The summed E-state index contributed by atoms with van der Waals surface area (Å²) >= 11 is 0. The van der Waals surface area contributed by atoms with Gasteiger partial charge in [-0.15, -0.1) is 0 Å². The molecule has 0 spiro atoms. The maximum absolute atomic E-state index is 12.1. The molecule has 1 amide bonds. The number of hydrogen-bond acceptors (Lipinski definition) is 4. The number of amides is 1. The number of methoxy groups -OCH3 is 1. The summed E-state index contributed by atoms with van der Waals surface area (Å²) in [4.78, 5) is 18.1. The van der Waals surface area contributed by atoms with Gasteiger partial charge in [-0.25, -0.2) is 0 Å². The van der Waals surface area contributed by atoms with Crippen LogP contribution in [0.4, 0.5) is 0 Å². The summed E-state index contributed by atoms with van der Waals surface area (Å²) in [6.07, 6.45) is 6.46. The van der Waals surface area contributed by atoms with Crippen LogP contribution in [0.15, 0.2) is 35.1 Å². The molecule has 5 heteroatoms. The quantitative estimate of drug-likeness (QED) is 0.797. The first-order valence-corrected chi connectivity index (χ1v) is 6.98. The van der Waals surface area contributed by atoms with Crippen LogP contribution in [0.1, 0.15) is 22.6 Å². The van der Waals surface area contributed by atoms with Crippen molar-refractivity contribution < 1.29 is 13.9 Å². The van der Waals surface area contributed by atoms with Crippen molar-refractivity contribution in [2.75, 3.05) is 14.2 Å². The van der Waals surface area contributed by atoms with Gasteiger partial charge in [-0.05, 0) is 32.1 Å². The van der Waals surface area contributed by atoms with Gasteiger partial charge in [0, 0.05) is 30.4 Å². The number of carbonyl (C=O) groups excluding carboxylic acids is 1. The molecule has 2 rings (SSSR count). The van der Waals surface area contributed by atoms with E-state index in [9.17, 15) is 4.79 Å². The number of nitrogens with zero attached hydrogens (tertiary/aromatic N) is 2. The molecular weight excluding hydrogens is 280 g/mol. The van der Waals surface area contributed by atoms with E-state index in [2.05, 4.69) is 4.98 Å². The summed E-state index contributed by atoms with van der Waals surface area (Å²) in [6, 6.07) is 3.57. The van der Waals surface area contributed by atoms with Crippen molar-refractivity contribution in [3.8, 4) is 5.75 Å².